The third-order valence-electron chi connectivity index (χ3n) is 3.16. The molecule has 3 aromatic rings. The number of hydrogen-bond donors (Lipinski definition) is 1. The van der Waals surface area contributed by atoms with E-state index in [0.29, 0.717) is 5.02 Å². The minimum atomic E-state index is 0.663. The molecule has 0 bridgehead atoms. The van der Waals surface area contributed by atoms with Gasteiger partial charge >= 0.3 is 0 Å². The number of halogens is 1. The summed E-state index contributed by atoms with van der Waals surface area (Å²) >= 11 is 7.57. The lowest BCUT2D eigenvalue weighted by Gasteiger charge is -2.00. The van der Waals surface area contributed by atoms with Crippen LogP contribution in [0.25, 0.3) is 11.3 Å². The van der Waals surface area contributed by atoms with Crippen LogP contribution in [0.3, 0.4) is 0 Å². The summed E-state index contributed by atoms with van der Waals surface area (Å²) in [4.78, 5) is 4.51. The number of nitrogens with one attached hydrogen (secondary N) is 1. The number of aromatic nitrogens is 1. The maximum Gasteiger partial charge on any atom is 0.203 e. The maximum absolute atomic E-state index is 6.07. The van der Waals surface area contributed by atoms with Crippen LogP contribution in [0.4, 0.5) is 5.13 Å². The first-order valence-electron chi connectivity index (χ1n) is 6.90. The Hall–Kier alpha value is -2.37. The highest BCUT2D eigenvalue weighted by Gasteiger charge is 2.04. The summed E-state index contributed by atoms with van der Waals surface area (Å²) in [5.41, 5.74) is 5.71. The van der Waals surface area contributed by atoms with E-state index in [0.717, 1.165) is 27.7 Å². The first kappa shape index (κ1) is 15.5. The molecule has 4 nitrogen and oxygen atoms in total. The van der Waals surface area contributed by atoms with Crippen LogP contribution in [0.1, 0.15) is 5.56 Å². The first-order chi connectivity index (χ1) is 11.3. The Morgan fingerprint density at radius 3 is 2.70 bits per heavy atom. The summed E-state index contributed by atoms with van der Waals surface area (Å²) in [5.74, 6) is 0.826. The number of hydrazone groups is 1. The van der Waals surface area contributed by atoms with E-state index in [4.69, 9.17) is 16.3 Å². The fraction of sp³-hybridized carbons (Fsp3) is 0.0588. The number of hydrogen-bond acceptors (Lipinski definition) is 5. The van der Waals surface area contributed by atoms with Gasteiger partial charge in [-0.3, -0.25) is 5.43 Å². The lowest BCUT2D eigenvalue weighted by molar-refractivity contribution is 0.415. The van der Waals surface area contributed by atoms with Crippen molar-refractivity contribution in [3.8, 4) is 17.0 Å². The molecule has 0 aliphatic carbocycles. The van der Waals surface area contributed by atoms with E-state index >= 15 is 0 Å². The van der Waals surface area contributed by atoms with Crippen LogP contribution in [0.5, 0.6) is 5.75 Å². The predicted octanol–water partition coefficient (Wildman–Crippen LogP) is 4.92. The van der Waals surface area contributed by atoms with Gasteiger partial charge in [0.25, 0.3) is 0 Å². The van der Waals surface area contributed by atoms with Crippen LogP contribution in [0.15, 0.2) is 59.0 Å². The highest BCUT2D eigenvalue weighted by molar-refractivity contribution is 7.14. The van der Waals surface area contributed by atoms with Crippen molar-refractivity contribution in [2.45, 2.75) is 0 Å². The number of rotatable bonds is 5. The van der Waals surface area contributed by atoms with E-state index in [1.807, 2.05) is 53.9 Å². The van der Waals surface area contributed by atoms with Crippen molar-refractivity contribution < 1.29 is 4.74 Å². The van der Waals surface area contributed by atoms with Gasteiger partial charge in [-0.1, -0.05) is 29.8 Å². The normalized spacial score (nSPS) is 10.9. The monoisotopic (exact) mass is 343 g/mol. The Bertz CT molecular complexity index is 815. The van der Waals surface area contributed by atoms with Crippen LogP contribution in [0, 0.1) is 0 Å². The summed E-state index contributed by atoms with van der Waals surface area (Å²) < 4.78 is 5.15. The van der Waals surface area contributed by atoms with Crippen LogP contribution >= 0.6 is 22.9 Å². The smallest absolute Gasteiger partial charge is 0.203 e. The van der Waals surface area contributed by atoms with Crippen LogP contribution in [-0.4, -0.2) is 18.3 Å². The minimum Gasteiger partial charge on any atom is -0.497 e. The van der Waals surface area contributed by atoms with Gasteiger partial charge < -0.3 is 4.74 Å². The number of thiazole rings is 1. The molecule has 1 N–H and O–H groups in total. The Morgan fingerprint density at radius 2 is 1.96 bits per heavy atom. The van der Waals surface area contributed by atoms with Gasteiger partial charge in [0, 0.05) is 21.5 Å². The van der Waals surface area contributed by atoms with Gasteiger partial charge in [0.05, 0.1) is 19.0 Å². The van der Waals surface area contributed by atoms with Crippen molar-refractivity contribution in [3.05, 3.63) is 64.5 Å². The van der Waals surface area contributed by atoms with Gasteiger partial charge in [0.2, 0.25) is 5.13 Å². The lowest BCUT2D eigenvalue weighted by atomic mass is 10.2. The molecule has 1 heterocycles. The van der Waals surface area contributed by atoms with Gasteiger partial charge in [-0.2, -0.15) is 5.10 Å². The van der Waals surface area contributed by atoms with Crippen LogP contribution in [-0.2, 0) is 0 Å². The summed E-state index contributed by atoms with van der Waals surface area (Å²) in [6, 6.07) is 15.3. The van der Waals surface area contributed by atoms with E-state index in [-0.39, 0.29) is 0 Å². The van der Waals surface area contributed by atoms with E-state index in [1.165, 1.54) is 11.3 Å². The first-order valence-corrected chi connectivity index (χ1v) is 8.15. The van der Waals surface area contributed by atoms with Gasteiger partial charge in [0.15, 0.2) is 0 Å². The highest BCUT2D eigenvalue weighted by atomic mass is 35.5. The average Bonchev–Trinajstić information content (AvgIpc) is 3.06. The fourth-order valence-electron chi connectivity index (χ4n) is 1.96. The maximum atomic E-state index is 6.07. The van der Waals surface area contributed by atoms with Crippen molar-refractivity contribution in [1.29, 1.82) is 0 Å². The van der Waals surface area contributed by atoms with E-state index in [9.17, 15) is 0 Å². The van der Waals surface area contributed by atoms with Crippen molar-refractivity contribution in [3.63, 3.8) is 0 Å². The molecule has 0 aliphatic heterocycles. The average molecular weight is 344 g/mol. The molecule has 0 saturated heterocycles. The van der Waals surface area contributed by atoms with Crippen molar-refractivity contribution in [2.75, 3.05) is 12.5 Å². The second kappa shape index (κ2) is 7.26. The molecule has 116 valence electrons. The van der Waals surface area contributed by atoms with Gasteiger partial charge in [-0.25, -0.2) is 4.98 Å². The SMILES string of the molecule is COc1ccc(-c2csc(NN=Cc3ccccc3Cl)n2)cc1. The van der Waals surface area contributed by atoms with E-state index in [1.54, 1.807) is 13.3 Å². The molecule has 0 amide bonds. The van der Waals surface area contributed by atoms with E-state index in [2.05, 4.69) is 15.5 Å². The Kier molecular flexibility index (Phi) is 4.90. The van der Waals surface area contributed by atoms with E-state index < -0.39 is 0 Å². The van der Waals surface area contributed by atoms with Gasteiger partial charge in [-0.15, -0.1) is 11.3 Å². The molecule has 0 fully saturated rings. The zero-order valence-electron chi connectivity index (χ0n) is 12.4. The Morgan fingerprint density at radius 1 is 1.17 bits per heavy atom. The quantitative estimate of drug-likeness (QED) is 0.528. The third-order valence-corrected chi connectivity index (χ3v) is 4.25. The molecule has 0 atom stereocenters. The molecular formula is C17H14ClN3OS. The third kappa shape index (κ3) is 3.88. The standard InChI is InChI=1S/C17H14ClN3OS/c1-22-14-8-6-12(7-9-14)16-11-23-17(20-16)21-19-10-13-4-2-3-5-15(13)18/h2-11H,1H3,(H,20,21). The molecule has 23 heavy (non-hydrogen) atoms. The number of nitrogens with zero attached hydrogens (tertiary/aromatic N) is 2. The Labute approximate surface area is 143 Å². The number of benzene rings is 2. The zero-order valence-corrected chi connectivity index (χ0v) is 13.9. The summed E-state index contributed by atoms with van der Waals surface area (Å²) in [7, 11) is 1.65. The fourth-order valence-corrected chi connectivity index (χ4v) is 2.81. The number of anilines is 1. The molecule has 0 spiro atoms. The number of methoxy groups -OCH3 is 1. The van der Waals surface area contributed by atoms with Crippen molar-refractivity contribution in [2.24, 2.45) is 5.10 Å². The molecule has 0 unspecified atom stereocenters. The topological polar surface area (TPSA) is 46.5 Å². The summed E-state index contributed by atoms with van der Waals surface area (Å²) in [6.45, 7) is 0. The van der Waals surface area contributed by atoms with Crippen LogP contribution in [0.2, 0.25) is 5.02 Å². The largest absolute Gasteiger partial charge is 0.497 e. The molecule has 6 heteroatoms. The molecule has 0 radical (unpaired) electrons. The molecular weight excluding hydrogens is 330 g/mol. The number of ether oxygens (including phenoxy) is 1. The lowest BCUT2D eigenvalue weighted by Crippen LogP contribution is -1.90. The van der Waals surface area contributed by atoms with Crippen molar-refractivity contribution in [1.82, 2.24) is 4.98 Å². The Balaban J connectivity index is 1.68. The second-order valence-corrected chi connectivity index (χ2v) is 5.92. The molecule has 2 aromatic carbocycles. The summed E-state index contributed by atoms with van der Waals surface area (Å²) in [5, 5.41) is 7.54. The molecule has 3 rings (SSSR count). The van der Waals surface area contributed by atoms with Crippen LogP contribution < -0.4 is 10.2 Å². The summed E-state index contributed by atoms with van der Waals surface area (Å²) in [6.07, 6.45) is 1.68. The van der Waals surface area contributed by atoms with Crippen molar-refractivity contribution >= 4 is 34.3 Å². The minimum absolute atomic E-state index is 0.663. The van der Waals surface area contributed by atoms with Gasteiger partial charge in [0.1, 0.15) is 5.75 Å². The predicted molar refractivity (Wildman–Crippen MR) is 96.8 cm³/mol. The second-order valence-electron chi connectivity index (χ2n) is 4.66. The highest BCUT2D eigenvalue weighted by Crippen LogP contribution is 2.26. The molecule has 0 aliphatic rings. The molecule has 1 aromatic heterocycles. The molecule has 0 saturated carbocycles. The zero-order chi connectivity index (χ0) is 16.1. The van der Waals surface area contributed by atoms with Gasteiger partial charge in [-0.05, 0) is 30.3 Å².